The maximum atomic E-state index is 10.6. The molecular weight excluding hydrogens is 198 g/mol. The zero-order chi connectivity index (χ0) is 10.1. The Morgan fingerprint density at radius 2 is 2.14 bits per heavy atom. The number of anilines is 1. The fraction of sp³-hybridized carbons (Fsp3) is 0.100. The highest BCUT2D eigenvalue weighted by atomic mass is 32.1. The molecule has 3 N–H and O–H groups in total. The van der Waals surface area contributed by atoms with Crippen LogP contribution in [0.3, 0.4) is 0 Å². The fourth-order valence-corrected chi connectivity index (χ4v) is 2.44. The minimum atomic E-state index is -0.847. The summed E-state index contributed by atoms with van der Waals surface area (Å²) in [4.78, 5) is 10.6. The average molecular weight is 207 g/mol. The maximum absolute atomic E-state index is 10.6. The highest BCUT2D eigenvalue weighted by Crippen LogP contribution is 2.33. The van der Waals surface area contributed by atoms with Crippen LogP contribution in [0.2, 0.25) is 0 Å². The third kappa shape index (κ3) is 1.44. The lowest BCUT2D eigenvalue weighted by molar-refractivity contribution is -0.136. The van der Waals surface area contributed by atoms with Crippen LogP contribution in [0.4, 0.5) is 5.00 Å². The molecule has 1 aromatic heterocycles. The summed E-state index contributed by atoms with van der Waals surface area (Å²) in [6, 6.07) is 7.66. The first kappa shape index (κ1) is 9.02. The molecule has 0 atom stereocenters. The van der Waals surface area contributed by atoms with E-state index in [1.54, 1.807) is 0 Å². The second kappa shape index (κ2) is 3.31. The molecular formula is C10H9NO2S. The van der Waals surface area contributed by atoms with Crippen LogP contribution in [0.25, 0.3) is 10.1 Å². The minimum Gasteiger partial charge on any atom is -0.481 e. The van der Waals surface area contributed by atoms with Gasteiger partial charge in [0.1, 0.15) is 0 Å². The number of aliphatic carboxylic acids is 1. The molecule has 1 aromatic carbocycles. The molecule has 0 spiro atoms. The van der Waals surface area contributed by atoms with Crippen molar-refractivity contribution in [2.45, 2.75) is 6.42 Å². The molecule has 0 saturated carbocycles. The van der Waals surface area contributed by atoms with Gasteiger partial charge in [-0.05, 0) is 11.5 Å². The molecule has 4 heteroatoms. The second-order valence-corrected chi connectivity index (χ2v) is 4.10. The summed E-state index contributed by atoms with van der Waals surface area (Å²) in [5.74, 6) is -0.847. The molecule has 14 heavy (non-hydrogen) atoms. The van der Waals surface area contributed by atoms with Crippen molar-refractivity contribution in [2.24, 2.45) is 0 Å². The number of hydrogen-bond acceptors (Lipinski definition) is 3. The largest absolute Gasteiger partial charge is 0.481 e. The molecule has 2 aromatic rings. The summed E-state index contributed by atoms with van der Waals surface area (Å²) in [6.45, 7) is 0. The molecule has 0 aliphatic carbocycles. The first-order valence-corrected chi connectivity index (χ1v) is 4.98. The third-order valence-electron chi connectivity index (χ3n) is 2.06. The van der Waals surface area contributed by atoms with Crippen LogP contribution in [0.1, 0.15) is 5.56 Å². The lowest BCUT2D eigenvalue weighted by Gasteiger charge is -1.95. The van der Waals surface area contributed by atoms with E-state index in [9.17, 15) is 4.79 Å². The number of carboxylic acids is 1. The first-order chi connectivity index (χ1) is 6.68. The van der Waals surface area contributed by atoms with Crippen molar-refractivity contribution in [3.05, 3.63) is 29.8 Å². The van der Waals surface area contributed by atoms with E-state index in [0.717, 1.165) is 15.6 Å². The Bertz CT molecular complexity index is 490. The van der Waals surface area contributed by atoms with E-state index in [0.29, 0.717) is 5.00 Å². The van der Waals surface area contributed by atoms with Gasteiger partial charge in [0, 0.05) is 10.3 Å². The smallest absolute Gasteiger partial charge is 0.307 e. The van der Waals surface area contributed by atoms with Gasteiger partial charge in [-0.2, -0.15) is 0 Å². The average Bonchev–Trinajstić information content (AvgIpc) is 2.43. The number of thiophene rings is 1. The lowest BCUT2D eigenvalue weighted by Crippen LogP contribution is -2.01. The Morgan fingerprint density at radius 1 is 1.43 bits per heavy atom. The van der Waals surface area contributed by atoms with Gasteiger partial charge in [0.25, 0.3) is 0 Å². The van der Waals surface area contributed by atoms with Crippen LogP contribution in [-0.4, -0.2) is 11.1 Å². The monoisotopic (exact) mass is 207 g/mol. The van der Waals surface area contributed by atoms with Crippen molar-refractivity contribution in [3.63, 3.8) is 0 Å². The number of hydrogen-bond donors (Lipinski definition) is 2. The van der Waals surface area contributed by atoms with Crippen molar-refractivity contribution in [1.29, 1.82) is 0 Å². The number of nitrogen functional groups attached to an aromatic ring is 1. The van der Waals surface area contributed by atoms with Crippen molar-refractivity contribution in [3.8, 4) is 0 Å². The van der Waals surface area contributed by atoms with Crippen LogP contribution in [0, 0.1) is 0 Å². The van der Waals surface area contributed by atoms with Gasteiger partial charge in [0.05, 0.1) is 11.4 Å². The predicted octanol–water partition coefficient (Wildman–Crippen LogP) is 2.11. The Kier molecular flexibility index (Phi) is 2.13. The summed E-state index contributed by atoms with van der Waals surface area (Å²) in [5, 5.41) is 10.3. The summed E-state index contributed by atoms with van der Waals surface area (Å²) < 4.78 is 1.04. The standard InChI is InChI=1S/C10H9NO2S/c11-10-7(5-9(12)13)6-3-1-2-4-8(6)14-10/h1-4H,5,11H2,(H,12,13). The molecule has 2 rings (SSSR count). The number of rotatable bonds is 2. The molecule has 72 valence electrons. The van der Waals surface area contributed by atoms with Gasteiger partial charge < -0.3 is 10.8 Å². The van der Waals surface area contributed by atoms with Gasteiger partial charge >= 0.3 is 5.97 Å². The number of fused-ring (bicyclic) bond motifs is 1. The van der Waals surface area contributed by atoms with E-state index in [2.05, 4.69) is 0 Å². The van der Waals surface area contributed by atoms with E-state index in [1.165, 1.54) is 11.3 Å². The SMILES string of the molecule is Nc1sc2ccccc2c1CC(=O)O. The Labute approximate surface area is 84.8 Å². The van der Waals surface area contributed by atoms with E-state index in [-0.39, 0.29) is 6.42 Å². The Morgan fingerprint density at radius 3 is 2.86 bits per heavy atom. The molecule has 0 aliphatic heterocycles. The van der Waals surface area contributed by atoms with Crippen LogP contribution in [0.15, 0.2) is 24.3 Å². The molecule has 0 bridgehead atoms. The summed E-state index contributed by atoms with van der Waals surface area (Å²) in [7, 11) is 0. The number of benzene rings is 1. The molecule has 0 amide bonds. The lowest BCUT2D eigenvalue weighted by atomic mass is 10.1. The number of nitrogens with two attached hydrogens (primary N) is 1. The van der Waals surface area contributed by atoms with Gasteiger partial charge in [0.15, 0.2) is 0 Å². The quantitative estimate of drug-likeness (QED) is 0.792. The van der Waals surface area contributed by atoms with Crippen molar-refractivity contribution >= 4 is 32.4 Å². The van der Waals surface area contributed by atoms with Crippen molar-refractivity contribution < 1.29 is 9.90 Å². The first-order valence-electron chi connectivity index (χ1n) is 4.16. The minimum absolute atomic E-state index is 0.00412. The third-order valence-corrected chi connectivity index (χ3v) is 3.10. The van der Waals surface area contributed by atoms with Gasteiger partial charge in [0.2, 0.25) is 0 Å². The van der Waals surface area contributed by atoms with Crippen LogP contribution >= 0.6 is 11.3 Å². The van der Waals surface area contributed by atoms with Gasteiger partial charge in [-0.25, -0.2) is 0 Å². The molecule has 0 saturated heterocycles. The molecule has 0 fully saturated rings. The summed E-state index contributed by atoms with van der Waals surface area (Å²) >= 11 is 1.44. The highest BCUT2D eigenvalue weighted by molar-refractivity contribution is 7.22. The summed E-state index contributed by atoms with van der Waals surface area (Å²) in [5.41, 5.74) is 6.49. The van der Waals surface area contributed by atoms with Crippen molar-refractivity contribution in [1.82, 2.24) is 0 Å². The topological polar surface area (TPSA) is 63.3 Å². The van der Waals surface area contributed by atoms with Crippen LogP contribution in [0.5, 0.6) is 0 Å². The van der Waals surface area contributed by atoms with Gasteiger partial charge in [-0.15, -0.1) is 11.3 Å². The van der Waals surface area contributed by atoms with Crippen LogP contribution < -0.4 is 5.73 Å². The van der Waals surface area contributed by atoms with Crippen molar-refractivity contribution in [2.75, 3.05) is 5.73 Å². The Balaban J connectivity index is 2.62. The normalized spacial score (nSPS) is 10.6. The maximum Gasteiger partial charge on any atom is 0.307 e. The van der Waals surface area contributed by atoms with E-state index >= 15 is 0 Å². The summed E-state index contributed by atoms with van der Waals surface area (Å²) in [6.07, 6.45) is -0.00412. The molecule has 0 radical (unpaired) electrons. The number of carbonyl (C=O) groups is 1. The zero-order valence-electron chi connectivity index (χ0n) is 7.36. The zero-order valence-corrected chi connectivity index (χ0v) is 8.17. The fourth-order valence-electron chi connectivity index (χ4n) is 1.45. The number of carboxylic acid groups (broad SMARTS) is 1. The molecule has 0 unspecified atom stereocenters. The van der Waals surface area contributed by atoms with E-state index < -0.39 is 5.97 Å². The van der Waals surface area contributed by atoms with E-state index in [1.807, 2.05) is 24.3 Å². The highest BCUT2D eigenvalue weighted by Gasteiger charge is 2.11. The second-order valence-electron chi connectivity index (χ2n) is 3.01. The van der Waals surface area contributed by atoms with Crippen LogP contribution in [-0.2, 0) is 11.2 Å². The van der Waals surface area contributed by atoms with Gasteiger partial charge in [-0.1, -0.05) is 18.2 Å². The predicted molar refractivity (Wildman–Crippen MR) is 57.6 cm³/mol. The van der Waals surface area contributed by atoms with Gasteiger partial charge in [-0.3, -0.25) is 4.79 Å². The molecule has 3 nitrogen and oxygen atoms in total. The molecule has 1 heterocycles. The van der Waals surface area contributed by atoms with E-state index in [4.69, 9.17) is 10.8 Å². The molecule has 0 aliphatic rings. The Hall–Kier alpha value is -1.55.